The van der Waals surface area contributed by atoms with Gasteiger partial charge in [0.1, 0.15) is 0 Å². The van der Waals surface area contributed by atoms with Crippen LogP contribution in [0, 0.1) is 13.8 Å². The minimum atomic E-state index is 0.158. The normalized spacial score (nSPS) is 12.7. The molecule has 2 heteroatoms. The minimum absolute atomic E-state index is 0.158. The van der Waals surface area contributed by atoms with Crippen LogP contribution in [0.3, 0.4) is 0 Å². The monoisotopic (exact) mass is 364 g/mol. The SMILES string of the molecule is Cc1c([C@H](c2ccccc2)c2c(C)c3ccccc3n2C)[nH]c2ccccc12. The second-order valence-electron chi connectivity index (χ2n) is 7.64. The van der Waals surface area contributed by atoms with Crippen LogP contribution >= 0.6 is 0 Å². The van der Waals surface area contributed by atoms with E-state index in [2.05, 4.69) is 109 Å². The molecular weight excluding hydrogens is 340 g/mol. The Bertz CT molecular complexity index is 1250. The van der Waals surface area contributed by atoms with Gasteiger partial charge in [0, 0.05) is 40.2 Å². The van der Waals surface area contributed by atoms with Crippen molar-refractivity contribution in [2.24, 2.45) is 7.05 Å². The second kappa shape index (κ2) is 6.42. The number of aromatic amines is 1. The van der Waals surface area contributed by atoms with Gasteiger partial charge in [-0.25, -0.2) is 0 Å². The summed E-state index contributed by atoms with van der Waals surface area (Å²) in [4.78, 5) is 3.75. The fourth-order valence-corrected chi connectivity index (χ4v) is 4.71. The number of fused-ring (bicyclic) bond motifs is 2. The van der Waals surface area contributed by atoms with E-state index in [1.807, 2.05) is 0 Å². The van der Waals surface area contributed by atoms with E-state index in [1.165, 1.54) is 49.9 Å². The van der Waals surface area contributed by atoms with Gasteiger partial charge in [-0.3, -0.25) is 0 Å². The molecular formula is C26H24N2. The summed E-state index contributed by atoms with van der Waals surface area (Å²) in [6, 6.07) is 28.1. The smallest absolute Gasteiger partial charge is 0.0649 e. The summed E-state index contributed by atoms with van der Waals surface area (Å²) in [6.45, 7) is 4.49. The number of hydrogen-bond acceptors (Lipinski definition) is 0. The Hall–Kier alpha value is -3.26. The lowest BCUT2D eigenvalue weighted by Gasteiger charge is -2.21. The second-order valence-corrected chi connectivity index (χ2v) is 7.64. The first kappa shape index (κ1) is 16.9. The predicted molar refractivity (Wildman–Crippen MR) is 118 cm³/mol. The summed E-state index contributed by atoms with van der Waals surface area (Å²) in [7, 11) is 2.19. The lowest BCUT2D eigenvalue weighted by Crippen LogP contribution is -2.11. The number of rotatable bonds is 3. The maximum Gasteiger partial charge on any atom is 0.0649 e. The van der Waals surface area contributed by atoms with E-state index >= 15 is 0 Å². The largest absolute Gasteiger partial charge is 0.357 e. The van der Waals surface area contributed by atoms with Crippen molar-refractivity contribution in [2.75, 3.05) is 0 Å². The van der Waals surface area contributed by atoms with Crippen LogP contribution < -0.4 is 0 Å². The predicted octanol–water partition coefficient (Wildman–Crippen LogP) is 6.46. The average molecular weight is 364 g/mol. The fraction of sp³-hybridized carbons (Fsp3) is 0.154. The van der Waals surface area contributed by atoms with Gasteiger partial charge in [-0.15, -0.1) is 0 Å². The molecule has 28 heavy (non-hydrogen) atoms. The third-order valence-electron chi connectivity index (χ3n) is 6.11. The van der Waals surface area contributed by atoms with Crippen LogP contribution in [0.2, 0.25) is 0 Å². The molecule has 0 saturated carbocycles. The molecule has 0 aliphatic heterocycles. The molecule has 1 atom stereocenters. The first-order chi connectivity index (χ1) is 13.7. The molecule has 0 spiro atoms. The summed E-state index contributed by atoms with van der Waals surface area (Å²) in [5, 5.41) is 2.63. The number of aromatic nitrogens is 2. The molecule has 0 saturated heterocycles. The van der Waals surface area contributed by atoms with Crippen molar-refractivity contribution in [2.45, 2.75) is 19.8 Å². The number of para-hydroxylation sites is 2. The number of benzene rings is 3. The van der Waals surface area contributed by atoms with Crippen molar-refractivity contribution in [1.82, 2.24) is 9.55 Å². The van der Waals surface area contributed by atoms with Crippen molar-refractivity contribution < 1.29 is 0 Å². The highest BCUT2D eigenvalue weighted by Gasteiger charge is 2.27. The standard InChI is InChI=1S/C26H24N2/c1-17-20-13-7-9-15-22(20)27-25(17)24(19-11-5-4-6-12-19)26-18(2)21-14-8-10-16-23(21)28(26)3/h4-16,24,27H,1-3H3/t24-/m0/s1. The van der Waals surface area contributed by atoms with Gasteiger partial charge in [0.15, 0.2) is 0 Å². The quantitative estimate of drug-likeness (QED) is 0.379. The Balaban J connectivity index is 1.85. The van der Waals surface area contributed by atoms with Crippen LogP contribution in [-0.4, -0.2) is 9.55 Å². The van der Waals surface area contributed by atoms with Crippen LogP contribution in [0.15, 0.2) is 78.9 Å². The number of hydrogen-bond donors (Lipinski definition) is 1. The molecule has 0 fully saturated rings. The Kier molecular flexibility index (Phi) is 3.87. The zero-order valence-corrected chi connectivity index (χ0v) is 16.5. The van der Waals surface area contributed by atoms with Gasteiger partial charge in [0.25, 0.3) is 0 Å². The van der Waals surface area contributed by atoms with Crippen molar-refractivity contribution in [3.63, 3.8) is 0 Å². The third-order valence-corrected chi connectivity index (χ3v) is 6.11. The fourth-order valence-electron chi connectivity index (χ4n) is 4.71. The van der Waals surface area contributed by atoms with Crippen molar-refractivity contribution in [1.29, 1.82) is 0 Å². The van der Waals surface area contributed by atoms with Gasteiger partial charge < -0.3 is 9.55 Å². The van der Waals surface area contributed by atoms with Gasteiger partial charge in [-0.05, 0) is 42.7 Å². The number of aryl methyl sites for hydroxylation is 3. The molecule has 0 unspecified atom stereocenters. The molecule has 2 heterocycles. The Labute approximate surface area is 165 Å². The number of nitrogens with one attached hydrogen (secondary N) is 1. The Morgan fingerprint density at radius 1 is 0.714 bits per heavy atom. The lowest BCUT2D eigenvalue weighted by atomic mass is 9.88. The van der Waals surface area contributed by atoms with E-state index in [0.29, 0.717) is 0 Å². The molecule has 0 radical (unpaired) electrons. The zero-order valence-electron chi connectivity index (χ0n) is 16.5. The molecule has 2 aromatic heterocycles. The minimum Gasteiger partial charge on any atom is -0.357 e. The molecule has 5 aromatic rings. The summed E-state index contributed by atoms with van der Waals surface area (Å²) in [6.07, 6.45) is 0. The number of nitrogens with zero attached hydrogens (tertiary/aromatic N) is 1. The zero-order chi connectivity index (χ0) is 19.3. The van der Waals surface area contributed by atoms with Gasteiger partial charge in [0.2, 0.25) is 0 Å². The molecule has 0 aliphatic carbocycles. The maximum atomic E-state index is 3.75. The first-order valence-electron chi connectivity index (χ1n) is 9.83. The molecule has 3 aromatic carbocycles. The highest BCUT2D eigenvalue weighted by Crippen LogP contribution is 2.40. The van der Waals surface area contributed by atoms with E-state index < -0.39 is 0 Å². The first-order valence-corrected chi connectivity index (χ1v) is 9.83. The summed E-state index contributed by atoms with van der Waals surface area (Å²) in [5.41, 5.74) is 9.10. The molecule has 1 N–H and O–H groups in total. The van der Waals surface area contributed by atoms with E-state index in [4.69, 9.17) is 0 Å². The van der Waals surface area contributed by atoms with Gasteiger partial charge in [-0.2, -0.15) is 0 Å². The van der Waals surface area contributed by atoms with Crippen LogP contribution in [0.1, 0.15) is 34.0 Å². The summed E-state index contributed by atoms with van der Waals surface area (Å²) < 4.78 is 2.37. The van der Waals surface area contributed by atoms with E-state index in [9.17, 15) is 0 Å². The lowest BCUT2D eigenvalue weighted by molar-refractivity contribution is 0.790. The van der Waals surface area contributed by atoms with Crippen LogP contribution in [0.5, 0.6) is 0 Å². The molecule has 0 bridgehead atoms. The molecule has 0 aliphatic rings. The van der Waals surface area contributed by atoms with Crippen LogP contribution in [0.25, 0.3) is 21.8 Å². The summed E-state index contributed by atoms with van der Waals surface area (Å²) >= 11 is 0. The van der Waals surface area contributed by atoms with Crippen molar-refractivity contribution in [3.8, 4) is 0 Å². The molecule has 138 valence electrons. The topological polar surface area (TPSA) is 20.7 Å². The Morgan fingerprint density at radius 3 is 2.07 bits per heavy atom. The Morgan fingerprint density at radius 2 is 1.36 bits per heavy atom. The van der Waals surface area contributed by atoms with Crippen LogP contribution in [-0.2, 0) is 7.05 Å². The number of H-pyrrole nitrogens is 1. The van der Waals surface area contributed by atoms with E-state index in [1.54, 1.807) is 0 Å². The van der Waals surface area contributed by atoms with Gasteiger partial charge >= 0.3 is 0 Å². The maximum absolute atomic E-state index is 3.75. The average Bonchev–Trinajstić information content (AvgIpc) is 3.20. The summed E-state index contributed by atoms with van der Waals surface area (Å²) in [5.74, 6) is 0.158. The van der Waals surface area contributed by atoms with Gasteiger partial charge in [-0.1, -0.05) is 66.7 Å². The van der Waals surface area contributed by atoms with Crippen molar-refractivity contribution in [3.05, 3.63) is 107 Å². The van der Waals surface area contributed by atoms with Gasteiger partial charge in [0.05, 0.1) is 5.92 Å². The van der Waals surface area contributed by atoms with E-state index in [-0.39, 0.29) is 5.92 Å². The highest BCUT2D eigenvalue weighted by atomic mass is 15.0. The highest BCUT2D eigenvalue weighted by molar-refractivity contribution is 5.87. The molecule has 2 nitrogen and oxygen atoms in total. The molecule has 5 rings (SSSR count). The third kappa shape index (κ3) is 2.41. The van der Waals surface area contributed by atoms with Crippen molar-refractivity contribution >= 4 is 21.8 Å². The van der Waals surface area contributed by atoms with Crippen LogP contribution in [0.4, 0.5) is 0 Å². The van der Waals surface area contributed by atoms with E-state index in [0.717, 1.165) is 0 Å². The molecule has 0 amide bonds.